The molecule has 1 aromatic rings. The van der Waals surface area contributed by atoms with E-state index in [1.807, 2.05) is 6.92 Å². The number of benzene rings is 1. The summed E-state index contributed by atoms with van der Waals surface area (Å²) in [6.07, 6.45) is 0.596. The molecule has 0 bridgehead atoms. The number of nitrogens with zero attached hydrogens (tertiary/aromatic N) is 1. The quantitative estimate of drug-likeness (QED) is 0.681. The van der Waals surface area contributed by atoms with Crippen LogP contribution >= 0.6 is 0 Å². The molecule has 0 aliphatic carbocycles. The smallest absolute Gasteiger partial charge is 0.323 e. The normalized spacial score (nSPS) is 10.1. The van der Waals surface area contributed by atoms with Gasteiger partial charge in [-0.05, 0) is 24.6 Å². The van der Waals surface area contributed by atoms with Gasteiger partial charge >= 0.3 is 5.97 Å². The number of rotatable bonds is 5. The molecule has 1 rings (SSSR count). The Kier molecular flexibility index (Phi) is 4.53. The van der Waals surface area contributed by atoms with Gasteiger partial charge in [0.05, 0.1) is 5.56 Å². The fourth-order valence-electron chi connectivity index (χ4n) is 1.55. The van der Waals surface area contributed by atoms with Gasteiger partial charge in [-0.3, -0.25) is 9.59 Å². The highest BCUT2D eigenvalue weighted by molar-refractivity contribution is 5.98. The van der Waals surface area contributed by atoms with Gasteiger partial charge in [-0.25, -0.2) is 0 Å². The minimum absolute atomic E-state index is 0.107. The number of aromatic hydroxyl groups is 2. The monoisotopic (exact) mass is 253 g/mol. The molecule has 0 saturated carbocycles. The second-order valence-electron chi connectivity index (χ2n) is 3.82. The fourth-order valence-corrected chi connectivity index (χ4v) is 1.55. The number of carbonyl (C=O) groups is 2. The van der Waals surface area contributed by atoms with Crippen molar-refractivity contribution in [3.8, 4) is 11.5 Å². The van der Waals surface area contributed by atoms with Crippen molar-refractivity contribution >= 4 is 11.9 Å². The van der Waals surface area contributed by atoms with Gasteiger partial charge in [0.25, 0.3) is 5.91 Å². The van der Waals surface area contributed by atoms with Gasteiger partial charge in [0.1, 0.15) is 18.0 Å². The Morgan fingerprint density at radius 2 is 1.94 bits per heavy atom. The highest BCUT2D eigenvalue weighted by atomic mass is 16.4. The van der Waals surface area contributed by atoms with Crippen molar-refractivity contribution in [1.29, 1.82) is 0 Å². The van der Waals surface area contributed by atoms with Crippen molar-refractivity contribution in [3.63, 3.8) is 0 Å². The molecule has 1 amide bonds. The molecule has 6 nitrogen and oxygen atoms in total. The molecule has 0 aromatic heterocycles. The standard InChI is InChI=1S/C12H15NO5/c1-2-5-13(7-11(16)17)12(18)9-6-8(14)3-4-10(9)15/h3-4,6,14-15H,2,5,7H2,1H3,(H,16,17). The molecular formula is C12H15NO5. The van der Waals surface area contributed by atoms with Crippen LogP contribution in [0, 0.1) is 0 Å². The van der Waals surface area contributed by atoms with Crippen LogP contribution in [0.3, 0.4) is 0 Å². The topological polar surface area (TPSA) is 98.1 Å². The molecule has 0 heterocycles. The summed E-state index contributed by atoms with van der Waals surface area (Å²) >= 11 is 0. The van der Waals surface area contributed by atoms with Crippen molar-refractivity contribution in [1.82, 2.24) is 4.90 Å². The predicted octanol–water partition coefficient (Wildman–Crippen LogP) is 1.03. The summed E-state index contributed by atoms with van der Waals surface area (Å²) in [5.74, 6) is -2.20. The van der Waals surface area contributed by atoms with Gasteiger partial charge in [0, 0.05) is 6.54 Å². The van der Waals surface area contributed by atoms with Gasteiger partial charge in [-0.15, -0.1) is 0 Å². The molecule has 0 spiro atoms. The first-order valence-corrected chi connectivity index (χ1v) is 5.48. The summed E-state index contributed by atoms with van der Waals surface area (Å²) in [6.45, 7) is 1.63. The van der Waals surface area contributed by atoms with E-state index in [1.54, 1.807) is 0 Å². The summed E-state index contributed by atoms with van der Waals surface area (Å²) in [7, 11) is 0. The first kappa shape index (κ1) is 13.8. The van der Waals surface area contributed by atoms with Crippen molar-refractivity contribution in [2.45, 2.75) is 13.3 Å². The molecule has 1 aromatic carbocycles. The Morgan fingerprint density at radius 1 is 1.28 bits per heavy atom. The van der Waals surface area contributed by atoms with Crippen LogP contribution in [-0.4, -0.2) is 45.2 Å². The molecule has 0 aliphatic rings. The van der Waals surface area contributed by atoms with Crippen LogP contribution in [-0.2, 0) is 4.79 Å². The summed E-state index contributed by atoms with van der Waals surface area (Å²) in [5.41, 5.74) is -0.107. The molecule has 0 unspecified atom stereocenters. The van der Waals surface area contributed by atoms with E-state index in [1.165, 1.54) is 12.1 Å². The highest BCUT2D eigenvalue weighted by Gasteiger charge is 2.20. The zero-order chi connectivity index (χ0) is 13.7. The van der Waals surface area contributed by atoms with E-state index >= 15 is 0 Å². The first-order chi connectivity index (χ1) is 8.45. The number of phenols is 2. The minimum atomic E-state index is -1.13. The Hall–Kier alpha value is -2.24. The maximum Gasteiger partial charge on any atom is 0.323 e. The lowest BCUT2D eigenvalue weighted by molar-refractivity contribution is -0.137. The van der Waals surface area contributed by atoms with Gasteiger partial charge in [-0.2, -0.15) is 0 Å². The molecule has 18 heavy (non-hydrogen) atoms. The lowest BCUT2D eigenvalue weighted by Gasteiger charge is -2.20. The fraction of sp³-hybridized carbons (Fsp3) is 0.333. The van der Waals surface area contributed by atoms with Gasteiger partial charge in [-0.1, -0.05) is 6.92 Å². The number of hydrogen-bond donors (Lipinski definition) is 3. The number of carbonyl (C=O) groups excluding carboxylic acids is 1. The average molecular weight is 253 g/mol. The van der Waals surface area contributed by atoms with Crippen LogP contribution in [0.1, 0.15) is 23.7 Å². The zero-order valence-corrected chi connectivity index (χ0v) is 9.96. The van der Waals surface area contributed by atoms with Crippen LogP contribution < -0.4 is 0 Å². The van der Waals surface area contributed by atoms with E-state index in [-0.39, 0.29) is 23.6 Å². The number of amides is 1. The number of phenolic OH excluding ortho intramolecular Hbond substituents is 2. The number of aliphatic carboxylic acids is 1. The van der Waals surface area contributed by atoms with Gasteiger partial charge in [0.2, 0.25) is 0 Å². The number of carboxylic acids is 1. The summed E-state index contributed by atoms with van der Waals surface area (Å²) in [5, 5.41) is 27.6. The Bertz CT molecular complexity index is 458. The minimum Gasteiger partial charge on any atom is -0.508 e. The number of carboxylic acid groups (broad SMARTS) is 1. The summed E-state index contributed by atoms with van der Waals surface area (Å²) in [6, 6.07) is 3.54. The van der Waals surface area contributed by atoms with E-state index in [9.17, 15) is 19.8 Å². The molecule has 0 saturated heterocycles. The zero-order valence-electron chi connectivity index (χ0n) is 9.96. The SMILES string of the molecule is CCCN(CC(=O)O)C(=O)c1cc(O)ccc1O. The van der Waals surface area contributed by atoms with Crippen molar-refractivity contribution in [2.24, 2.45) is 0 Å². The maximum atomic E-state index is 12.0. The molecule has 98 valence electrons. The summed E-state index contributed by atoms with van der Waals surface area (Å²) < 4.78 is 0. The van der Waals surface area contributed by atoms with Crippen molar-refractivity contribution < 1.29 is 24.9 Å². The van der Waals surface area contributed by atoms with Crippen LogP contribution in [0.4, 0.5) is 0 Å². The van der Waals surface area contributed by atoms with Gasteiger partial charge < -0.3 is 20.2 Å². The van der Waals surface area contributed by atoms with E-state index in [4.69, 9.17) is 5.11 Å². The Morgan fingerprint density at radius 3 is 2.50 bits per heavy atom. The van der Waals surface area contributed by atoms with E-state index in [0.29, 0.717) is 6.42 Å². The Balaban J connectivity index is 3.01. The molecule has 0 fully saturated rings. The van der Waals surface area contributed by atoms with E-state index < -0.39 is 18.4 Å². The molecule has 3 N–H and O–H groups in total. The lowest BCUT2D eigenvalue weighted by atomic mass is 10.1. The average Bonchev–Trinajstić information content (AvgIpc) is 2.30. The number of hydrogen-bond acceptors (Lipinski definition) is 4. The lowest BCUT2D eigenvalue weighted by Crippen LogP contribution is -2.36. The predicted molar refractivity (Wildman–Crippen MR) is 63.6 cm³/mol. The molecule has 0 atom stereocenters. The van der Waals surface area contributed by atoms with Crippen LogP contribution in [0.5, 0.6) is 11.5 Å². The molecular weight excluding hydrogens is 238 g/mol. The molecule has 0 aliphatic heterocycles. The van der Waals surface area contributed by atoms with Crippen LogP contribution in [0.15, 0.2) is 18.2 Å². The first-order valence-electron chi connectivity index (χ1n) is 5.48. The van der Waals surface area contributed by atoms with Crippen molar-refractivity contribution in [2.75, 3.05) is 13.1 Å². The molecule has 6 heteroatoms. The second kappa shape index (κ2) is 5.90. The van der Waals surface area contributed by atoms with Crippen molar-refractivity contribution in [3.05, 3.63) is 23.8 Å². The van der Waals surface area contributed by atoms with Gasteiger partial charge in [0.15, 0.2) is 0 Å². The third kappa shape index (κ3) is 3.38. The Labute approximate surface area is 104 Å². The maximum absolute atomic E-state index is 12.0. The second-order valence-corrected chi connectivity index (χ2v) is 3.82. The summed E-state index contributed by atoms with van der Waals surface area (Å²) in [4.78, 5) is 23.8. The van der Waals surface area contributed by atoms with Crippen LogP contribution in [0.2, 0.25) is 0 Å². The van der Waals surface area contributed by atoms with Crippen LogP contribution in [0.25, 0.3) is 0 Å². The largest absolute Gasteiger partial charge is 0.508 e. The van der Waals surface area contributed by atoms with E-state index in [0.717, 1.165) is 11.0 Å². The highest BCUT2D eigenvalue weighted by Crippen LogP contribution is 2.23. The molecule has 0 radical (unpaired) electrons. The van der Waals surface area contributed by atoms with E-state index in [2.05, 4.69) is 0 Å². The third-order valence-corrected chi connectivity index (χ3v) is 2.32. The third-order valence-electron chi connectivity index (χ3n) is 2.32.